The largest absolute Gasteiger partial charge is 0.353 e. The number of piperazine rings is 1. The van der Waals surface area contributed by atoms with Gasteiger partial charge in [-0.1, -0.05) is 23.2 Å². The van der Waals surface area contributed by atoms with Gasteiger partial charge in [0.05, 0.1) is 28.3 Å². The summed E-state index contributed by atoms with van der Waals surface area (Å²) in [7, 11) is 0. The van der Waals surface area contributed by atoms with Crippen molar-refractivity contribution in [3.05, 3.63) is 58.3 Å². The van der Waals surface area contributed by atoms with Crippen LogP contribution in [0.25, 0.3) is 11.3 Å². The summed E-state index contributed by atoms with van der Waals surface area (Å²) in [4.78, 5) is 30.1. The van der Waals surface area contributed by atoms with E-state index in [1.165, 1.54) is 17.2 Å². The molecule has 0 spiro atoms. The Morgan fingerprint density at radius 3 is 2.83 bits per heavy atom. The SMILES string of the molecule is O=C1CN(C(=O)c2cc(-c3cncc(Cl)c3)n(C3C=C(Cl)C(F)=CC3)n2)CCN1. The van der Waals surface area contributed by atoms with Crippen molar-refractivity contribution < 1.29 is 14.0 Å². The second kappa shape index (κ2) is 7.96. The average molecular weight is 436 g/mol. The molecule has 1 aliphatic heterocycles. The Bertz CT molecular complexity index is 1050. The van der Waals surface area contributed by atoms with E-state index in [0.717, 1.165) is 0 Å². The van der Waals surface area contributed by atoms with E-state index in [1.807, 2.05) is 0 Å². The minimum absolute atomic E-state index is 0.00695. The van der Waals surface area contributed by atoms with Crippen LogP contribution in [-0.2, 0) is 4.79 Å². The van der Waals surface area contributed by atoms with Gasteiger partial charge in [0, 0.05) is 31.0 Å². The molecule has 7 nitrogen and oxygen atoms in total. The minimum atomic E-state index is -0.489. The summed E-state index contributed by atoms with van der Waals surface area (Å²) in [6.07, 6.45) is 6.36. The Kier molecular flexibility index (Phi) is 5.38. The Morgan fingerprint density at radius 1 is 1.28 bits per heavy atom. The highest BCUT2D eigenvalue weighted by molar-refractivity contribution is 6.31. The number of hydrogen-bond acceptors (Lipinski definition) is 4. The van der Waals surface area contributed by atoms with Gasteiger partial charge in [0.1, 0.15) is 5.83 Å². The van der Waals surface area contributed by atoms with Gasteiger partial charge in [-0.25, -0.2) is 4.39 Å². The Hall–Kier alpha value is -2.71. The van der Waals surface area contributed by atoms with E-state index in [-0.39, 0.29) is 35.1 Å². The predicted octanol–water partition coefficient (Wildman–Crippen LogP) is 3.09. The first-order valence-corrected chi connectivity index (χ1v) is 9.68. The van der Waals surface area contributed by atoms with Crippen LogP contribution in [0.4, 0.5) is 4.39 Å². The van der Waals surface area contributed by atoms with Crippen molar-refractivity contribution in [2.45, 2.75) is 12.5 Å². The van der Waals surface area contributed by atoms with Crippen molar-refractivity contribution in [1.82, 2.24) is 25.0 Å². The van der Waals surface area contributed by atoms with Crippen LogP contribution in [0.2, 0.25) is 5.02 Å². The van der Waals surface area contributed by atoms with Crippen LogP contribution in [0.5, 0.6) is 0 Å². The standard InChI is InChI=1S/C19H16Cl2FN5O2/c20-12-5-11(8-23-9-12)17-7-16(19(29)26-4-3-24-18(28)10-26)25-27(17)13-1-2-15(22)14(21)6-13/h2,5-9,13H,1,3-4,10H2,(H,24,28). The monoisotopic (exact) mass is 435 g/mol. The van der Waals surface area contributed by atoms with Crippen molar-refractivity contribution in [1.29, 1.82) is 0 Å². The van der Waals surface area contributed by atoms with Crippen LogP contribution in [0, 0.1) is 0 Å². The highest BCUT2D eigenvalue weighted by Gasteiger charge is 2.27. The summed E-state index contributed by atoms with van der Waals surface area (Å²) < 4.78 is 15.3. The van der Waals surface area contributed by atoms with Gasteiger partial charge < -0.3 is 10.2 Å². The van der Waals surface area contributed by atoms with E-state index in [4.69, 9.17) is 23.2 Å². The molecular weight excluding hydrogens is 420 g/mol. The maximum absolute atomic E-state index is 13.7. The molecule has 2 aliphatic rings. The lowest BCUT2D eigenvalue weighted by molar-refractivity contribution is -0.123. The third-order valence-corrected chi connectivity index (χ3v) is 5.21. The number of hydrogen-bond donors (Lipinski definition) is 1. The molecule has 0 radical (unpaired) electrons. The Balaban J connectivity index is 1.75. The molecule has 2 aromatic rings. The maximum Gasteiger partial charge on any atom is 0.274 e. The molecule has 1 aliphatic carbocycles. The molecule has 1 fully saturated rings. The zero-order chi connectivity index (χ0) is 20.5. The van der Waals surface area contributed by atoms with E-state index < -0.39 is 5.83 Å². The number of amides is 2. The number of allylic oxidation sites excluding steroid dienone is 4. The zero-order valence-corrected chi connectivity index (χ0v) is 16.6. The first-order valence-electron chi connectivity index (χ1n) is 8.92. The molecule has 0 aromatic carbocycles. The molecule has 1 unspecified atom stereocenters. The predicted molar refractivity (Wildman–Crippen MR) is 106 cm³/mol. The summed E-state index contributed by atoms with van der Waals surface area (Å²) in [5.41, 5.74) is 1.42. The number of nitrogens with zero attached hydrogens (tertiary/aromatic N) is 4. The van der Waals surface area contributed by atoms with E-state index >= 15 is 0 Å². The molecule has 3 heterocycles. The lowest BCUT2D eigenvalue weighted by atomic mass is 10.1. The number of carbonyl (C=O) groups is 2. The summed E-state index contributed by atoms with van der Waals surface area (Å²) in [5.74, 6) is -1.06. The van der Waals surface area contributed by atoms with Crippen molar-refractivity contribution in [3.63, 3.8) is 0 Å². The van der Waals surface area contributed by atoms with Gasteiger partial charge in [-0.2, -0.15) is 5.10 Å². The van der Waals surface area contributed by atoms with E-state index in [9.17, 15) is 14.0 Å². The fourth-order valence-electron chi connectivity index (χ4n) is 3.30. The normalized spacial score (nSPS) is 19.5. The number of carbonyl (C=O) groups excluding carboxylic acids is 2. The van der Waals surface area contributed by atoms with Crippen molar-refractivity contribution in [2.75, 3.05) is 19.6 Å². The van der Waals surface area contributed by atoms with Gasteiger partial charge in [-0.15, -0.1) is 0 Å². The van der Waals surface area contributed by atoms with E-state index in [0.29, 0.717) is 35.8 Å². The molecule has 29 heavy (non-hydrogen) atoms. The van der Waals surface area contributed by atoms with Gasteiger partial charge >= 0.3 is 0 Å². The fraction of sp³-hybridized carbons (Fsp3) is 0.263. The first kappa shape index (κ1) is 19.6. The molecule has 1 saturated heterocycles. The van der Waals surface area contributed by atoms with Crippen LogP contribution < -0.4 is 5.32 Å². The Labute approximate surface area is 175 Å². The van der Waals surface area contributed by atoms with Gasteiger partial charge in [-0.3, -0.25) is 19.3 Å². The number of halogens is 3. The number of pyridine rings is 1. The maximum atomic E-state index is 13.7. The summed E-state index contributed by atoms with van der Waals surface area (Å²) >= 11 is 12.0. The Morgan fingerprint density at radius 2 is 2.10 bits per heavy atom. The second-order valence-electron chi connectivity index (χ2n) is 6.70. The molecule has 4 rings (SSSR count). The van der Waals surface area contributed by atoms with Gasteiger partial charge in [0.25, 0.3) is 5.91 Å². The number of aromatic nitrogens is 3. The highest BCUT2D eigenvalue weighted by atomic mass is 35.5. The van der Waals surface area contributed by atoms with Gasteiger partial charge in [0.2, 0.25) is 5.91 Å². The molecular formula is C19H16Cl2FN5O2. The lowest BCUT2D eigenvalue weighted by Crippen LogP contribution is -2.50. The molecule has 0 saturated carbocycles. The molecule has 10 heteroatoms. The summed E-state index contributed by atoms with van der Waals surface area (Å²) in [6.45, 7) is 0.763. The minimum Gasteiger partial charge on any atom is -0.353 e. The highest BCUT2D eigenvalue weighted by Crippen LogP contribution is 2.33. The van der Waals surface area contributed by atoms with Gasteiger partial charge in [0.15, 0.2) is 5.69 Å². The zero-order valence-electron chi connectivity index (χ0n) is 15.1. The van der Waals surface area contributed by atoms with Crippen LogP contribution in [-0.4, -0.2) is 51.1 Å². The third-order valence-electron chi connectivity index (χ3n) is 4.70. The number of rotatable bonds is 3. The molecule has 2 amide bonds. The third kappa shape index (κ3) is 4.04. The van der Waals surface area contributed by atoms with Gasteiger partial charge in [-0.05, 0) is 30.7 Å². The summed E-state index contributed by atoms with van der Waals surface area (Å²) in [5, 5.41) is 7.57. The van der Waals surface area contributed by atoms with Crippen LogP contribution in [0.3, 0.4) is 0 Å². The molecule has 2 aromatic heterocycles. The average Bonchev–Trinajstić information content (AvgIpc) is 3.15. The molecule has 1 atom stereocenters. The number of nitrogens with one attached hydrogen (secondary N) is 1. The smallest absolute Gasteiger partial charge is 0.274 e. The summed E-state index contributed by atoms with van der Waals surface area (Å²) in [6, 6.07) is 2.94. The van der Waals surface area contributed by atoms with E-state index in [2.05, 4.69) is 15.4 Å². The second-order valence-corrected chi connectivity index (χ2v) is 7.54. The topological polar surface area (TPSA) is 80.1 Å². The van der Waals surface area contributed by atoms with Crippen LogP contribution in [0.15, 0.2) is 47.5 Å². The van der Waals surface area contributed by atoms with Crippen molar-refractivity contribution >= 4 is 35.0 Å². The van der Waals surface area contributed by atoms with Crippen LogP contribution in [0.1, 0.15) is 23.0 Å². The quantitative estimate of drug-likeness (QED) is 0.802. The van der Waals surface area contributed by atoms with E-state index in [1.54, 1.807) is 29.1 Å². The molecule has 0 bridgehead atoms. The lowest BCUT2D eigenvalue weighted by Gasteiger charge is -2.25. The van der Waals surface area contributed by atoms with Crippen LogP contribution >= 0.6 is 23.2 Å². The van der Waals surface area contributed by atoms with Crippen molar-refractivity contribution in [3.8, 4) is 11.3 Å². The molecule has 150 valence electrons. The first-order chi connectivity index (χ1) is 13.9. The van der Waals surface area contributed by atoms with Crippen molar-refractivity contribution in [2.24, 2.45) is 0 Å². The molecule has 1 N–H and O–H groups in total. The fourth-order valence-corrected chi connectivity index (χ4v) is 3.70.